The molecule has 0 bridgehead atoms. The lowest BCUT2D eigenvalue weighted by atomic mass is 10.1. The number of rotatable bonds is 10. The second-order valence-corrected chi connectivity index (χ2v) is 12.4. The number of furan rings is 1. The van der Waals surface area contributed by atoms with E-state index in [1.54, 1.807) is 74.5 Å². The summed E-state index contributed by atoms with van der Waals surface area (Å²) in [4.78, 5) is 50.4. The Morgan fingerprint density at radius 2 is 0.882 bits per heavy atom. The Labute approximate surface area is 311 Å². The van der Waals surface area contributed by atoms with Crippen molar-refractivity contribution in [1.82, 2.24) is 10.9 Å². The molecule has 5 rings (SSSR count). The van der Waals surface area contributed by atoms with Gasteiger partial charge in [0.05, 0.1) is 32.6 Å². The molecular weight excluding hydrogens is 738 g/mol. The third-order valence-electron chi connectivity index (χ3n) is 7.18. The zero-order valence-corrected chi connectivity index (χ0v) is 29.7. The Morgan fingerprint density at radius 3 is 1.24 bits per heavy atom. The van der Waals surface area contributed by atoms with Gasteiger partial charge < -0.3 is 15.1 Å². The van der Waals surface area contributed by atoms with Crippen molar-refractivity contribution in [3.05, 3.63) is 151 Å². The van der Waals surface area contributed by atoms with E-state index in [4.69, 9.17) is 50.8 Å². The van der Waals surface area contributed by atoms with Gasteiger partial charge in [-0.3, -0.25) is 19.2 Å². The van der Waals surface area contributed by atoms with Crippen LogP contribution in [0.5, 0.6) is 0 Å². The molecule has 0 saturated carbocycles. The number of benzene rings is 4. The lowest BCUT2D eigenvalue weighted by molar-refractivity contribution is 0.0900. The summed E-state index contributed by atoms with van der Waals surface area (Å²) < 4.78 is 5.41. The van der Waals surface area contributed by atoms with Gasteiger partial charge in [-0.1, -0.05) is 70.7 Å². The van der Waals surface area contributed by atoms with Crippen molar-refractivity contribution in [3.63, 3.8) is 0 Å². The van der Waals surface area contributed by atoms with Crippen LogP contribution in [0.3, 0.4) is 0 Å². The predicted molar refractivity (Wildman–Crippen MR) is 200 cm³/mol. The molecular formula is C36H26Cl4N6O5. The molecule has 51 heavy (non-hydrogen) atoms. The van der Waals surface area contributed by atoms with E-state index in [2.05, 4.69) is 31.7 Å². The Morgan fingerprint density at radius 1 is 0.510 bits per heavy atom. The topological polar surface area (TPSA) is 154 Å². The standard InChI is InChI=1S/C36H26Cl4N6O5/c1-19(21-3-9-25(10-4-21)41-33(47)27-13-7-23(37)17-29(27)39)43-45-35(49)31-15-16-32(51-31)36(50)46-44-20(2)22-5-11-26(12-6-22)42-34(48)28-14-8-24(38)18-30(28)40/h3-18H,1-2H3,(H,41,47)(H,42,48)(H,45,49)(H,46,50). The minimum atomic E-state index is -0.678. The highest BCUT2D eigenvalue weighted by molar-refractivity contribution is 6.38. The van der Waals surface area contributed by atoms with Crippen molar-refractivity contribution in [2.24, 2.45) is 10.2 Å². The van der Waals surface area contributed by atoms with Gasteiger partial charge in [-0.05, 0) is 97.8 Å². The van der Waals surface area contributed by atoms with E-state index >= 15 is 0 Å². The SMILES string of the molecule is CC(=NNC(=O)c1ccc(C(=O)NN=C(C)c2ccc(NC(=O)c3ccc(Cl)cc3Cl)cc2)o1)c1ccc(NC(=O)c2ccc(Cl)cc2Cl)cc1. The summed E-state index contributed by atoms with van der Waals surface area (Å²) in [6.07, 6.45) is 0. The third-order valence-corrected chi connectivity index (χ3v) is 8.27. The van der Waals surface area contributed by atoms with E-state index in [9.17, 15) is 19.2 Å². The molecule has 0 aliphatic rings. The number of hydrogen-bond acceptors (Lipinski definition) is 7. The van der Waals surface area contributed by atoms with Gasteiger partial charge in [0.1, 0.15) is 0 Å². The van der Waals surface area contributed by atoms with E-state index < -0.39 is 23.6 Å². The smallest absolute Gasteiger partial charge is 0.307 e. The van der Waals surface area contributed by atoms with Crippen molar-refractivity contribution in [2.75, 3.05) is 10.6 Å². The number of hydrogen-bond donors (Lipinski definition) is 4. The first-order valence-corrected chi connectivity index (χ1v) is 16.4. The van der Waals surface area contributed by atoms with Crippen molar-refractivity contribution in [3.8, 4) is 0 Å². The molecule has 4 amide bonds. The minimum absolute atomic E-state index is 0.145. The van der Waals surface area contributed by atoms with Crippen LogP contribution >= 0.6 is 46.4 Å². The van der Waals surface area contributed by atoms with E-state index in [1.165, 1.54) is 36.4 Å². The van der Waals surface area contributed by atoms with E-state index in [0.29, 0.717) is 44.0 Å². The third kappa shape index (κ3) is 9.62. The molecule has 0 spiro atoms. The predicted octanol–water partition coefficient (Wildman–Crippen LogP) is 8.71. The van der Waals surface area contributed by atoms with Gasteiger partial charge in [-0.25, -0.2) is 10.9 Å². The van der Waals surface area contributed by atoms with Crippen molar-refractivity contribution in [1.29, 1.82) is 0 Å². The highest BCUT2D eigenvalue weighted by Crippen LogP contribution is 2.24. The van der Waals surface area contributed by atoms with Crippen molar-refractivity contribution < 1.29 is 23.6 Å². The first-order valence-electron chi connectivity index (χ1n) is 14.9. The van der Waals surface area contributed by atoms with E-state index in [0.717, 1.165) is 0 Å². The number of carbonyl (C=O) groups is 4. The summed E-state index contributed by atoms with van der Waals surface area (Å²) in [6.45, 7) is 3.37. The molecule has 4 aromatic carbocycles. The summed E-state index contributed by atoms with van der Waals surface area (Å²) in [7, 11) is 0. The molecule has 258 valence electrons. The number of nitrogens with zero attached hydrogens (tertiary/aromatic N) is 2. The molecule has 5 aromatic rings. The van der Waals surface area contributed by atoms with Crippen molar-refractivity contribution >= 4 is 92.8 Å². The maximum Gasteiger partial charge on any atom is 0.307 e. The monoisotopic (exact) mass is 762 g/mol. The largest absolute Gasteiger partial charge is 0.446 e. The molecule has 1 aromatic heterocycles. The maximum absolute atomic E-state index is 12.7. The summed E-state index contributed by atoms with van der Waals surface area (Å²) in [5.74, 6) is -2.44. The van der Waals surface area contributed by atoms with Crippen molar-refractivity contribution in [2.45, 2.75) is 13.8 Å². The van der Waals surface area contributed by atoms with E-state index in [1.807, 2.05) is 0 Å². The summed E-state index contributed by atoms with van der Waals surface area (Å²) in [6, 6.07) is 25.4. The summed E-state index contributed by atoms with van der Waals surface area (Å²) in [5, 5.41) is 15.0. The highest BCUT2D eigenvalue weighted by Gasteiger charge is 2.17. The molecule has 0 atom stereocenters. The Hall–Kier alpha value is -5.46. The van der Waals surface area contributed by atoms with Crippen LogP contribution in [-0.4, -0.2) is 35.1 Å². The van der Waals surface area contributed by atoms with Crippen LogP contribution in [0.25, 0.3) is 0 Å². The number of hydrazone groups is 2. The molecule has 0 saturated heterocycles. The molecule has 11 nitrogen and oxygen atoms in total. The Balaban J connectivity index is 1.12. The molecule has 0 aliphatic carbocycles. The average molecular weight is 764 g/mol. The van der Waals surface area contributed by atoms with Crippen LogP contribution in [-0.2, 0) is 0 Å². The average Bonchev–Trinajstić information content (AvgIpc) is 3.61. The summed E-state index contributed by atoms with van der Waals surface area (Å²) in [5.41, 5.74) is 8.67. The van der Waals surface area contributed by atoms with Crippen LogP contribution in [0.4, 0.5) is 11.4 Å². The second-order valence-electron chi connectivity index (χ2n) is 10.8. The second kappa shape index (κ2) is 16.5. The van der Waals surface area contributed by atoms with Gasteiger partial charge in [-0.15, -0.1) is 0 Å². The lowest BCUT2D eigenvalue weighted by Gasteiger charge is -2.08. The first kappa shape index (κ1) is 36.8. The van der Waals surface area contributed by atoms with Crippen LogP contribution in [0.1, 0.15) is 66.8 Å². The Kier molecular flexibility index (Phi) is 11.9. The number of halogens is 4. The first-order chi connectivity index (χ1) is 24.4. The molecule has 0 unspecified atom stereocenters. The number of amides is 4. The molecule has 1 heterocycles. The maximum atomic E-state index is 12.7. The van der Waals surface area contributed by atoms with E-state index in [-0.39, 0.29) is 32.7 Å². The quantitative estimate of drug-likeness (QED) is 0.0828. The van der Waals surface area contributed by atoms with Crippen LogP contribution in [0.15, 0.2) is 112 Å². The van der Waals surface area contributed by atoms with Gasteiger partial charge in [0.25, 0.3) is 11.8 Å². The lowest BCUT2D eigenvalue weighted by Crippen LogP contribution is -2.20. The minimum Gasteiger partial charge on any atom is -0.446 e. The number of nitrogens with one attached hydrogen (secondary N) is 4. The zero-order chi connectivity index (χ0) is 36.7. The van der Waals surface area contributed by atoms with Gasteiger partial charge >= 0.3 is 11.8 Å². The molecule has 4 N–H and O–H groups in total. The summed E-state index contributed by atoms with van der Waals surface area (Å²) >= 11 is 24.0. The van der Waals surface area contributed by atoms with Gasteiger partial charge in [-0.2, -0.15) is 10.2 Å². The normalized spacial score (nSPS) is 11.5. The fourth-order valence-electron chi connectivity index (χ4n) is 4.42. The molecule has 0 radical (unpaired) electrons. The van der Waals surface area contributed by atoms with Crippen LogP contribution in [0, 0.1) is 0 Å². The van der Waals surface area contributed by atoms with Gasteiger partial charge in [0.2, 0.25) is 0 Å². The number of carbonyl (C=O) groups excluding carboxylic acids is 4. The van der Waals surface area contributed by atoms with Crippen LogP contribution in [0.2, 0.25) is 20.1 Å². The zero-order valence-electron chi connectivity index (χ0n) is 26.7. The highest BCUT2D eigenvalue weighted by atomic mass is 35.5. The number of anilines is 2. The van der Waals surface area contributed by atoms with Crippen LogP contribution < -0.4 is 21.5 Å². The molecule has 15 heteroatoms. The van der Waals surface area contributed by atoms with Gasteiger partial charge in [0, 0.05) is 21.4 Å². The fraction of sp³-hybridized carbons (Fsp3) is 0.0556. The molecule has 0 aliphatic heterocycles. The Bertz CT molecular complexity index is 2050. The fourth-order valence-corrected chi connectivity index (χ4v) is 5.41. The molecule has 0 fully saturated rings. The van der Waals surface area contributed by atoms with Gasteiger partial charge in [0.15, 0.2) is 11.5 Å².